The summed E-state index contributed by atoms with van der Waals surface area (Å²) in [6.45, 7) is 8.31. The minimum Gasteiger partial charge on any atom is -0.267 e. The van der Waals surface area contributed by atoms with Gasteiger partial charge in [-0.25, -0.2) is 5.43 Å². The third kappa shape index (κ3) is 4.04. The zero-order valence-electron chi connectivity index (χ0n) is 13.5. The van der Waals surface area contributed by atoms with Gasteiger partial charge < -0.3 is 0 Å². The number of carbonyl (C=O) groups excluding carboxylic acids is 1. The van der Waals surface area contributed by atoms with E-state index in [-0.39, 0.29) is 5.91 Å². The second-order valence-electron chi connectivity index (χ2n) is 5.53. The summed E-state index contributed by atoms with van der Waals surface area (Å²) < 4.78 is 0. The molecule has 1 heterocycles. The first-order valence-corrected chi connectivity index (χ1v) is 8.36. The number of amides is 1. The molecular weight excluding hydrogens is 292 g/mol. The Bertz CT molecular complexity index is 669. The molecule has 0 spiro atoms. The van der Waals surface area contributed by atoms with Crippen molar-refractivity contribution in [2.45, 2.75) is 40.0 Å². The largest absolute Gasteiger partial charge is 0.271 e. The summed E-state index contributed by atoms with van der Waals surface area (Å²) in [5, 5.41) is 4.20. The smallest absolute Gasteiger partial charge is 0.267 e. The molecule has 0 unspecified atom stereocenters. The molecule has 1 aromatic carbocycles. The minimum atomic E-state index is -0.179. The second kappa shape index (κ2) is 7.36. The van der Waals surface area contributed by atoms with E-state index in [4.69, 9.17) is 0 Å². The van der Waals surface area contributed by atoms with E-state index in [0.29, 0.717) is 11.5 Å². The van der Waals surface area contributed by atoms with Gasteiger partial charge in [0.1, 0.15) is 0 Å². The van der Waals surface area contributed by atoms with Crippen molar-refractivity contribution in [3.63, 3.8) is 0 Å². The van der Waals surface area contributed by atoms with Crippen molar-refractivity contribution in [1.29, 1.82) is 0 Å². The molecule has 22 heavy (non-hydrogen) atoms. The summed E-state index contributed by atoms with van der Waals surface area (Å²) in [7, 11) is 0. The van der Waals surface area contributed by atoms with E-state index in [9.17, 15) is 4.79 Å². The Morgan fingerprint density at radius 2 is 1.86 bits per heavy atom. The van der Waals surface area contributed by atoms with Gasteiger partial charge >= 0.3 is 0 Å². The third-order valence-electron chi connectivity index (χ3n) is 3.53. The highest BCUT2D eigenvalue weighted by Crippen LogP contribution is 2.18. The molecule has 0 aliphatic carbocycles. The number of aryl methyl sites for hydroxylation is 1. The predicted octanol–water partition coefficient (Wildman–Crippen LogP) is 4.59. The average molecular weight is 314 g/mol. The third-order valence-corrected chi connectivity index (χ3v) is 4.87. The lowest BCUT2D eigenvalue weighted by atomic mass is 10.0. The molecule has 0 aliphatic heterocycles. The number of thiophene rings is 1. The van der Waals surface area contributed by atoms with Crippen LogP contribution in [0.1, 0.15) is 59.3 Å². The zero-order valence-corrected chi connectivity index (χ0v) is 14.3. The van der Waals surface area contributed by atoms with Gasteiger partial charge in [0.2, 0.25) is 0 Å². The maximum atomic E-state index is 12.1. The van der Waals surface area contributed by atoms with Crippen molar-refractivity contribution in [3.8, 4) is 0 Å². The van der Waals surface area contributed by atoms with E-state index in [1.807, 2.05) is 37.3 Å². The van der Waals surface area contributed by atoms with E-state index >= 15 is 0 Å². The number of nitrogens with zero attached hydrogens (tertiary/aromatic N) is 1. The van der Waals surface area contributed by atoms with Crippen molar-refractivity contribution in [2.24, 2.45) is 5.10 Å². The van der Waals surface area contributed by atoms with Gasteiger partial charge in [-0.3, -0.25) is 4.79 Å². The molecule has 0 fully saturated rings. The quantitative estimate of drug-likeness (QED) is 0.636. The minimum absolute atomic E-state index is 0.179. The highest BCUT2D eigenvalue weighted by molar-refractivity contribution is 7.14. The molecule has 0 bridgehead atoms. The van der Waals surface area contributed by atoms with Crippen LogP contribution in [-0.4, -0.2) is 11.6 Å². The summed E-state index contributed by atoms with van der Waals surface area (Å²) >= 11 is 1.71. The van der Waals surface area contributed by atoms with Crippen LogP contribution < -0.4 is 5.43 Å². The maximum Gasteiger partial charge on any atom is 0.271 e. The zero-order chi connectivity index (χ0) is 16.1. The number of carbonyl (C=O) groups is 1. The Morgan fingerprint density at radius 1 is 1.18 bits per heavy atom. The highest BCUT2D eigenvalue weighted by Gasteiger charge is 2.07. The first kappa shape index (κ1) is 16.4. The molecule has 0 atom stereocenters. The van der Waals surface area contributed by atoms with E-state index < -0.39 is 0 Å². The van der Waals surface area contributed by atoms with Crippen molar-refractivity contribution < 1.29 is 4.79 Å². The van der Waals surface area contributed by atoms with Crippen LogP contribution in [0.25, 0.3) is 0 Å². The topological polar surface area (TPSA) is 41.5 Å². The predicted molar refractivity (Wildman–Crippen MR) is 93.9 cm³/mol. The van der Waals surface area contributed by atoms with E-state index in [2.05, 4.69) is 37.4 Å². The average Bonchev–Trinajstić information content (AvgIpc) is 3.01. The summed E-state index contributed by atoms with van der Waals surface area (Å²) in [5.74, 6) is 0.283. The standard InChI is InChI=1S/C18H22N2OS/c1-5-16-10-11-17(22-16)13(4)19-20-18(21)15-8-6-14(7-9-15)12(2)3/h6-12H,5H2,1-4H3,(H,20,21)/b19-13+. The Balaban J connectivity index is 2.03. The lowest BCUT2D eigenvalue weighted by molar-refractivity contribution is 0.0955. The van der Waals surface area contributed by atoms with Gasteiger partial charge in [-0.05, 0) is 49.1 Å². The van der Waals surface area contributed by atoms with Gasteiger partial charge in [0.05, 0.1) is 10.6 Å². The van der Waals surface area contributed by atoms with Crippen LogP contribution in [-0.2, 0) is 6.42 Å². The fourth-order valence-corrected chi connectivity index (χ4v) is 2.93. The van der Waals surface area contributed by atoms with Crippen molar-refractivity contribution in [2.75, 3.05) is 0 Å². The molecule has 1 aromatic heterocycles. The molecule has 0 radical (unpaired) electrons. The van der Waals surface area contributed by atoms with Crippen molar-refractivity contribution >= 4 is 23.0 Å². The summed E-state index contributed by atoms with van der Waals surface area (Å²) in [5.41, 5.74) is 5.31. The molecule has 0 aliphatic rings. The molecule has 2 aromatic rings. The van der Waals surface area contributed by atoms with Crippen LogP contribution in [0.2, 0.25) is 0 Å². The first-order chi connectivity index (χ1) is 10.5. The Labute approximate surface area is 136 Å². The number of benzene rings is 1. The highest BCUT2D eigenvalue weighted by atomic mass is 32.1. The monoisotopic (exact) mass is 314 g/mol. The molecule has 4 heteroatoms. The lowest BCUT2D eigenvalue weighted by Gasteiger charge is -2.06. The van der Waals surface area contributed by atoms with Crippen LogP contribution in [0.5, 0.6) is 0 Å². The van der Waals surface area contributed by atoms with Gasteiger partial charge in [-0.1, -0.05) is 32.9 Å². The van der Waals surface area contributed by atoms with Gasteiger partial charge in [0.15, 0.2) is 0 Å². The Hall–Kier alpha value is -1.94. The molecule has 0 saturated carbocycles. The van der Waals surface area contributed by atoms with Gasteiger partial charge in [-0.15, -0.1) is 11.3 Å². The van der Waals surface area contributed by atoms with E-state index in [1.165, 1.54) is 10.4 Å². The van der Waals surface area contributed by atoms with Crippen LogP contribution in [0.15, 0.2) is 41.5 Å². The number of hydrogen-bond acceptors (Lipinski definition) is 3. The molecule has 0 saturated heterocycles. The molecule has 116 valence electrons. The van der Waals surface area contributed by atoms with Crippen LogP contribution in [0.4, 0.5) is 0 Å². The van der Waals surface area contributed by atoms with E-state index in [1.54, 1.807) is 11.3 Å². The Morgan fingerprint density at radius 3 is 2.41 bits per heavy atom. The first-order valence-electron chi connectivity index (χ1n) is 7.55. The van der Waals surface area contributed by atoms with E-state index in [0.717, 1.165) is 17.0 Å². The lowest BCUT2D eigenvalue weighted by Crippen LogP contribution is -2.19. The molecule has 3 nitrogen and oxygen atoms in total. The van der Waals surface area contributed by atoms with Crippen LogP contribution in [0.3, 0.4) is 0 Å². The van der Waals surface area contributed by atoms with Gasteiger partial charge in [-0.2, -0.15) is 5.10 Å². The van der Waals surface area contributed by atoms with Gasteiger partial charge in [0, 0.05) is 10.4 Å². The van der Waals surface area contributed by atoms with Crippen molar-refractivity contribution in [1.82, 2.24) is 5.43 Å². The van der Waals surface area contributed by atoms with Gasteiger partial charge in [0.25, 0.3) is 5.91 Å². The molecule has 1 amide bonds. The van der Waals surface area contributed by atoms with Crippen LogP contribution in [0, 0.1) is 0 Å². The molecule has 2 rings (SSSR count). The number of hydrazone groups is 1. The second-order valence-corrected chi connectivity index (χ2v) is 6.70. The fourth-order valence-electron chi connectivity index (χ4n) is 2.04. The van der Waals surface area contributed by atoms with Crippen molar-refractivity contribution in [3.05, 3.63) is 57.3 Å². The fraction of sp³-hybridized carbons (Fsp3) is 0.333. The summed E-state index contributed by atoms with van der Waals surface area (Å²) in [6, 6.07) is 11.8. The summed E-state index contributed by atoms with van der Waals surface area (Å²) in [4.78, 5) is 14.5. The molecular formula is C18H22N2OS. The molecule has 1 N–H and O–H groups in total. The van der Waals surface area contributed by atoms with Crippen LogP contribution >= 0.6 is 11.3 Å². The number of nitrogens with one attached hydrogen (secondary N) is 1. The Kier molecular flexibility index (Phi) is 5.50. The SMILES string of the molecule is CCc1ccc(/C(C)=N/NC(=O)c2ccc(C(C)C)cc2)s1. The summed E-state index contributed by atoms with van der Waals surface area (Å²) in [6.07, 6.45) is 1.02. The number of rotatable bonds is 5. The number of hydrogen-bond donors (Lipinski definition) is 1. The maximum absolute atomic E-state index is 12.1. The normalized spacial score (nSPS) is 11.8.